The third-order valence-corrected chi connectivity index (χ3v) is 5.45. The Morgan fingerprint density at radius 2 is 1.73 bits per heavy atom. The summed E-state index contributed by atoms with van der Waals surface area (Å²) < 4.78 is 0. The highest BCUT2D eigenvalue weighted by molar-refractivity contribution is 7.09. The molecule has 0 saturated carbocycles. The predicted molar refractivity (Wildman–Crippen MR) is 103 cm³/mol. The molecule has 1 aromatic carbocycles. The molecule has 0 radical (unpaired) electrons. The maximum Gasteiger partial charge on any atom is 0.273 e. The second-order valence-corrected chi connectivity index (χ2v) is 7.49. The van der Waals surface area contributed by atoms with Crippen LogP contribution in [0, 0.1) is 0 Å². The molecule has 0 atom stereocenters. The molecule has 138 valence electrons. The van der Waals surface area contributed by atoms with E-state index in [0.29, 0.717) is 55.4 Å². The van der Waals surface area contributed by atoms with Crippen LogP contribution in [-0.2, 0) is 6.42 Å². The van der Waals surface area contributed by atoms with Crippen LogP contribution in [0.3, 0.4) is 0 Å². The first-order chi connectivity index (χ1) is 12.6. The van der Waals surface area contributed by atoms with Gasteiger partial charge in [0, 0.05) is 48.6 Å². The van der Waals surface area contributed by atoms with Crippen LogP contribution in [0.4, 0.5) is 0 Å². The summed E-state index contributed by atoms with van der Waals surface area (Å²) >= 11 is 7.34. The molecule has 1 aromatic heterocycles. The number of halogens is 1. The Balaban J connectivity index is 1.62. The van der Waals surface area contributed by atoms with Crippen LogP contribution >= 0.6 is 22.9 Å². The molecule has 1 saturated heterocycles. The van der Waals surface area contributed by atoms with Gasteiger partial charge in [0.1, 0.15) is 5.69 Å². The van der Waals surface area contributed by atoms with Gasteiger partial charge in [-0.3, -0.25) is 9.59 Å². The second kappa shape index (κ2) is 8.62. The fourth-order valence-corrected chi connectivity index (χ4v) is 3.82. The molecule has 2 aromatic rings. The molecule has 1 aliphatic heterocycles. The largest absolute Gasteiger partial charge is 0.337 e. The van der Waals surface area contributed by atoms with Crippen LogP contribution in [0.25, 0.3) is 0 Å². The first-order valence-electron chi connectivity index (χ1n) is 8.57. The van der Waals surface area contributed by atoms with E-state index in [9.17, 15) is 9.59 Å². The van der Waals surface area contributed by atoms with Gasteiger partial charge in [-0.15, -0.1) is 11.3 Å². The van der Waals surface area contributed by atoms with Crippen LogP contribution in [0.15, 0.2) is 29.6 Å². The lowest BCUT2D eigenvalue weighted by Gasteiger charge is -2.22. The Morgan fingerprint density at radius 1 is 1.08 bits per heavy atom. The standard InChI is InChI=1S/C18H21ClN4O2S/c19-14-4-2-13(3-5-14)17(24)22-8-1-9-23(11-10-22)18(25)15-12-26-16(21-15)6-7-20/h2-5,12H,1,6-11,20H2. The molecular weight excluding hydrogens is 372 g/mol. The normalized spacial score (nSPS) is 15.0. The van der Waals surface area contributed by atoms with Gasteiger partial charge < -0.3 is 15.5 Å². The van der Waals surface area contributed by atoms with Gasteiger partial charge in [-0.25, -0.2) is 4.98 Å². The predicted octanol–water partition coefficient (Wildman–Crippen LogP) is 2.29. The van der Waals surface area contributed by atoms with Crippen molar-refractivity contribution in [3.63, 3.8) is 0 Å². The Bertz CT molecular complexity index is 778. The lowest BCUT2D eigenvalue weighted by Crippen LogP contribution is -2.37. The average Bonchev–Trinajstić information content (AvgIpc) is 2.97. The molecule has 1 fully saturated rings. The minimum Gasteiger partial charge on any atom is -0.337 e. The summed E-state index contributed by atoms with van der Waals surface area (Å²) in [6.45, 7) is 2.77. The fraction of sp³-hybridized carbons (Fsp3) is 0.389. The molecule has 0 bridgehead atoms. The summed E-state index contributed by atoms with van der Waals surface area (Å²) in [7, 11) is 0. The van der Waals surface area contributed by atoms with Gasteiger partial charge in [0.15, 0.2) is 0 Å². The number of carbonyl (C=O) groups excluding carboxylic acids is 2. The van der Waals surface area contributed by atoms with E-state index in [0.717, 1.165) is 11.4 Å². The van der Waals surface area contributed by atoms with Crippen molar-refractivity contribution < 1.29 is 9.59 Å². The first kappa shape index (κ1) is 18.8. The van der Waals surface area contributed by atoms with Crippen LogP contribution in [0.2, 0.25) is 5.02 Å². The summed E-state index contributed by atoms with van der Waals surface area (Å²) in [5, 5.41) is 3.27. The van der Waals surface area contributed by atoms with Crippen molar-refractivity contribution in [2.45, 2.75) is 12.8 Å². The highest BCUT2D eigenvalue weighted by Gasteiger charge is 2.24. The van der Waals surface area contributed by atoms with Crippen molar-refractivity contribution in [3.05, 3.63) is 50.9 Å². The van der Waals surface area contributed by atoms with E-state index in [4.69, 9.17) is 17.3 Å². The summed E-state index contributed by atoms with van der Waals surface area (Å²) in [4.78, 5) is 33.3. The van der Waals surface area contributed by atoms with Gasteiger partial charge in [0.05, 0.1) is 5.01 Å². The molecule has 2 N–H and O–H groups in total. The van der Waals surface area contributed by atoms with Crippen molar-refractivity contribution in [2.24, 2.45) is 5.73 Å². The van der Waals surface area contributed by atoms with Crippen molar-refractivity contribution in [1.82, 2.24) is 14.8 Å². The molecule has 0 unspecified atom stereocenters. The van der Waals surface area contributed by atoms with Gasteiger partial charge in [0.2, 0.25) is 0 Å². The number of nitrogens with zero attached hydrogens (tertiary/aromatic N) is 3. The Hall–Kier alpha value is -1.96. The van der Waals surface area contributed by atoms with Gasteiger partial charge in [-0.1, -0.05) is 11.6 Å². The zero-order chi connectivity index (χ0) is 18.5. The Kier molecular flexibility index (Phi) is 6.24. The highest BCUT2D eigenvalue weighted by Crippen LogP contribution is 2.16. The Labute approximate surface area is 161 Å². The minimum atomic E-state index is -0.0784. The Morgan fingerprint density at radius 3 is 2.38 bits per heavy atom. The molecule has 6 nitrogen and oxygen atoms in total. The molecular formula is C18H21ClN4O2S. The van der Waals surface area contributed by atoms with E-state index >= 15 is 0 Å². The second-order valence-electron chi connectivity index (χ2n) is 6.11. The van der Waals surface area contributed by atoms with E-state index in [1.54, 1.807) is 39.4 Å². The quantitative estimate of drug-likeness (QED) is 0.865. The van der Waals surface area contributed by atoms with Crippen molar-refractivity contribution in [1.29, 1.82) is 0 Å². The lowest BCUT2D eigenvalue weighted by molar-refractivity contribution is 0.0716. The molecule has 26 heavy (non-hydrogen) atoms. The van der Waals surface area contributed by atoms with Crippen molar-refractivity contribution in [2.75, 3.05) is 32.7 Å². The monoisotopic (exact) mass is 392 g/mol. The molecule has 0 spiro atoms. The van der Waals surface area contributed by atoms with Crippen molar-refractivity contribution in [3.8, 4) is 0 Å². The average molecular weight is 393 g/mol. The van der Waals surface area contributed by atoms with Gasteiger partial charge in [-0.05, 0) is 37.2 Å². The highest BCUT2D eigenvalue weighted by atomic mass is 35.5. The fourth-order valence-electron chi connectivity index (χ4n) is 2.91. The van der Waals surface area contributed by atoms with Crippen LogP contribution in [-0.4, -0.2) is 59.3 Å². The number of hydrogen-bond donors (Lipinski definition) is 1. The van der Waals surface area contributed by atoms with Gasteiger partial charge in [-0.2, -0.15) is 0 Å². The SMILES string of the molecule is NCCc1nc(C(=O)N2CCCN(C(=O)c3ccc(Cl)cc3)CC2)cs1. The van der Waals surface area contributed by atoms with Gasteiger partial charge >= 0.3 is 0 Å². The number of aromatic nitrogens is 1. The zero-order valence-corrected chi connectivity index (χ0v) is 15.9. The van der Waals surface area contributed by atoms with E-state index < -0.39 is 0 Å². The smallest absolute Gasteiger partial charge is 0.273 e. The molecule has 0 aliphatic carbocycles. The van der Waals surface area contributed by atoms with E-state index in [-0.39, 0.29) is 11.8 Å². The number of carbonyl (C=O) groups is 2. The summed E-state index contributed by atoms with van der Waals surface area (Å²) in [6, 6.07) is 6.88. The summed E-state index contributed by atoms with van der Waals surface area (Å²) in [5.41, 5.74) is 6.62. The third-order valence-electron chi connectivity index (χ3n) is 4.29. The third kappa shape index (κ3) is 4.41. The zero-order valence-electron chi connectivity index (χ0n) is 14.4. The van der Waals surface area contributed by atoms with Gasteiger partial charge in [0.25, 0.3) is 11.8 Å². The molecule has 2 amide bonds. The minimum absolute atomic E-state index is 0.0325. The number of rotatable bonds is 4. The van der Waals surface area contributed by atoms with E-state index in [1.807, 2.05) is 0 Å². The summed E-state index contributed by atoms with van der Waals surface area (Å²) in [6.07, 6.45) is 1.42. The van der Waals surface area contributed by atoms with Crippen molar-refractivity contribution >= 4 is 34.8 Å². The maximum absolute atomic E-state index is 12.7. The van der Waals surface area contributed by atoms with Crippen LogP contribution in [0.1, 0.15) is 32.3 Å². The lowest BCUT2D eigenvalue weighted by atomic mass is 10.2. The summed E-state index contributed by atoms with van der Waals surface area (Å²) in [5.74, 6) is -0.111. The molecule has 1 aliphatic rings. The number of benzene rings is 1. The number of amides is 2. The van der Waals surface area contributed by atoms with Crippen LogP contribution < -0.4 is 5.73 Å². The number of hydrogen-bond acceptors (Lipinski definition) is 5. The van der Waals surface area contributed by atoms with Crippen LogP contribution in [0.5, 0.6) is 0 Å². The molecule has 8 heteroatoms. The van der Waals surface area contributed by atoms with E-state index in [1.165, 1.54) is 11.3 Å². The van der Waals surface area contributed by atoms with E-state index in [2.05, 4.69) is 4.98 Å². The number of thiazole rings is 1. The molecule has 3 rings (SSSR count). The number of nitrogens with two attached hydrogens (primary N) is 1. The topological polar surface area (TPSA) is 79.5 Å². The maximum atomic E-state index is 12.7. The molecule has 2 heterocycles. The first-order valence-corrected chi connectivity index (χ1v) is 9.83.